The molecule has 0 bridgehead atoms. The Hall–Kier alpha value is -5.45. The second-order valence-corrected chi connectivity index (χ2v) is 18.9. The van der Waals surface area contributed by atoms with Gasteiger partial charge in [-0.05, 0) is 102 Å². The molecule has 1 amide bonds. The van der Waals surface area contributed by atoms with Crippen molar-refractivity contribution in [3.05, 3.63) is 118 Å². The number of carbonyl (C=O) groups excluding carboxylic acids is 2. The van der Waals surface area contributed by atoms with Crippen LogP contribution in [0.15, 0.2) is 136 Å². The van der Waals surface area contributed by atoms with E-state index in [1.165, 1.54) is 50.4 Å². The molecule has 0 saturated carbocycles. The van der Waals surface area contributed by atoms with Crippen molar-refractivity contribution >= 4 is 116 Å². The van der Waals surface area contributed by atoms with Crippen molar-refractivity contribution in [2.45, 2.75) is 21.6 Å². The van der Waals surface area contributed by atoms with Crippen LogP contribution in [0, 0.1) is 0 Å². The number of anilines is 3. The van der Waals surface area contributed by atoms with Gasteiger partial charge in [0, 0.05) is 12.6 Å². The zero-order valence-corrected chi connectivity index (χ0v) is 44.7. The van der Waals surface area contributed by atoms with Crippen molar-refractivity contribution in [3.8, 4) is 5.75 Å². The molecule has 0 fully saturated rings. The number of benzene rings is 5. The Labute approximate surface area is 444 Å². The standard InChI is InChI=1S/C39H32N8O15S4.2H3N.2Na/c1-21(48)41-25-9-11-26(12-10-25)43-47-38-34(66(59,60)61)18-24-17-33(65(56,57)58)37(36(40)35(24)39(38)49)46-45-29-8-6-23(32(20-29)64(53,54)55)4-3-22-5-7-28(19-31(22)63(50,51)52)44-42-27-13-15-30(62-2)16-14-27;;;;/h3-20,43H,40H2,1-2H3,(H,41,48)(H,50,51,52)(H,53,54,55)(H,56,57,58)(H,59,60,61);2*1H3;;/q;;;2*+1/p-2/b4-3+,44-42?,46-45?,47-38+;;;;. The number of nitrogens with one attached hydrogen (secondary N) is 2. The van der Waals surface area contributed by atoms with Gasteiger partial charge in [0.15, 0.2) is 0 Å². The summed E-state index contributed by atoms with van der Waals surface area (Å²) in [6, 6.07) is 18.5. The van der Waals surface area contributed by atoms with Crippen LogP contribution in [0.4, 0.5) is 39.8 Å². The number of quaternary nitrogens is 2. The molecule has 6 rings (SSSR count). The van der Waals surface area contributed by atoms with Gasteiger partial charge >= 0.3 is 59.1 Å². The Morgan fingerprint density at radius 2 is 1.09 bits per heavy atom. The molecular formula is C39H36N10Na2O15S4. The van der Waals surface area contributed by atoms with E-state index in [0.717, 1.165) is 30.4 Å². The van der Waals surface area contributed by atoms with Crippen molar-refractivity contribution in [1.29, 1.82) is 0 Å². The Morgan fingerprint density at radius 3 is 1.54 bits per heavy atom. The van der Waals surface area contributed by atoms with E-state index >= 15 is 0 Å². The minimum Gasteiger partial charge on any atom is -0.744 e. The predicted octanol–water partition coefficient (Wildman–Crippen LogP) is 0.260. The normalized spacial score (nSPS) is 13.4. The molecule has 25 nitrogen and oxygen atoms in total. The smallest absolute Gasteiger partial charge is 0.744 e. The molecule has 0 atom stereocenters. The number of allylic oxidation sites excluding steroid dienone is 1. The SMILES string of the molecule is COc1ccc(N=Nc2ccc(/C=C/c3ccc(N=Nc4c(S(=O)(=O)[O-])cc5c(c4N)C(=O)/C(=N/Nc4ccc(NC(C)=O)cc4)C(S(=O)(=O)[O-])=C5)cc3S(=O)(=O)[O-])c(S(=O)(=O)[O-])c2)cc1.[NH4+].[NH4+].[Na+].[Na+]. The fourth-order valence-corrected chi connectivity index (χ4v) is 8.65. The number of fused-ring (bicyclic) bond motifs is 1. The molecule has 12 N–H and O–H groups in total. The number of hydrogen-bond acceptors (Lipinski definition) is 22. The first-order chi connectivity index (χ1) is 30.8. The van der Waals surface area contributed by atoms with E-state index in [0.29, 0.717) is 35.3 Å². The summed E-state index contributed by atoms with van der Waals surface area (Å²) in [6.07, 6.45) is 2.57. The minimum atomic E-state index is -5.60. The Kier molecular flexibility index (Phi) is 20.9. The molecule has 5 aromatic carbocycles. The molecule has 0 spiro atoms. The molecule has 0 unspecified atom stereocenters. The van der Waals surface area contributed by atoms with E-state index in [4.69, 9.17) is 10.5 Å². The van der Waals surface area contributed by atoms with Crippen LogP contribution in [-0.4, -0.2) is 76.4 Å². The van der Waals surface area contributed by atoms with Crippen molar-refractivity contribution in [3.63, 3.8) is 0 Å². The van der Waals surface area contributed by atoms with Crippen LogP contribution in [0.1, 0.15) is 34.0 Å². The first-order valence-corrected chi connectivity index (χ1v) is 23.7. The summed E-state index contributed by atoms with van der Waals surface area (Å²) in [5, 5.41) is 21.6. The van der Waals surface area contributed by atoms with E-state index in [1.54, 1.807) is 24.3 Å². The summed E-state index contributed by atoms with van der Waals surface area (Å²) in [5.41, 5.74) is 4.12. The van der Waals surface area contributed by atoms with Crippen LogP contribution < -0.4 is 92.6 Å². The van der Waals surface area contributed by atoms with E-state index in [1.807, 2.05) is 0 Å². The van der Waals surface area contributed by atoms with E-state index in [9.17, 15) is 61.5 Å². The quantitative estimate of drug-likeness (QED) is 0.0249. The fourth-order valence-electron chi connectivity index (χ4n) is 5.97. The van der Waals surface area contributed by atoms with Gasteiger partial charge in [-0.15, -0.1) is 5.11 Å². The fraction of sp³-hybridized carbons (Fsp3) is 0.0513. The van der Waals surface area contributed by atoms with Gasteiger partial charge in [-0.2, -0.15) is 20.4 Å². The molecule has 358 valence electrons. The van der Waals surface area contributed by atoms with Crippen molar-refractivity contribution in [2.24, 2.45) is 25.6 Å². The second-order valence-electron chi connectivity index (χ2n) is 13.5. The first-order valence-electron chi connectivity index (χ1n) is 18.1. The van der Waals surface area contributed by atoms with Crippen molar-refractivity contribution < 1.29 is 125 Å². The van der Waals surface area contributed by atoms with Gasteiger partial charge in [-0.1, -0.05) is 24.3 Å². The number of ether oxygens (including phenoxy) is 1. The molecule has 0 saturated heterocycles. The van der Waals surface area contributed by atoms with Gasteiger partial charge in [0.2, 0.25) is 11.7 Å². The Bertz CT molecular complexity index is 3470. The van der Waals surface area contributed by atoms with Crippen molar-refractivity contribution in [1.82, 2.24) is 12.3 Å². The molecule has 1 aliphatic rings. The van der Waals surface area contributed by atoms with E-state index in [-0.39, 0.29) is 99.8 Å². The first kappa shape index (κ1) is 60.7. The number of hydrazone groups is 1. The van der Waals surface area contributed by atoms with Gasteiger partial charge < -0.3 is 46.3 Å². The molecule has 0 aromatic heterocycles. The third kappa shape index (κ3) is 14.8. The number of rotatable bonds is 14. The number of azo groups is 2. The second kappa shape index (κ2) is 24.1. The predicted molar refractivity (Wildman–Crippen MR) is 244 cm³/mol. The molecule has 5 aromatic rings. The van der Waals surface area contributed by atoms with Crippen LogP contribution in [0.2, 0.25) is 0 Å². The molecule has 1 aliphatic carbocycles. The zero-order chi connectivity index (χ0) is 48.4. The average molecular weight is 1060 g/mol. The topological polar surface area (TPSA) is 457 Å². The van der Waals surface area contributed by atoms with Crippen LogP contribution in [0.25, 0.3) is 18.2 Å². The van der Waals surface area contributed by atoms with Gasteiger partial charge in [0.25, 0.3) is 0 Å². The number of Topliss-reactive ketones (excluding diaryl/α,β-unsaturated/α-hetero) is 1. The van der Waals surface area contributed by atoms with E-state index in [2.05, 4.69) is 36.3 Å². The Balaban J connectivity index is 0.00000420. The zero-order valence-electron chi connectivity index (χ0n) is 37.5. The Morgan fingerprint density at radius 1 is 0.629 bits per heavy atom. The summed E-state index contributed by atoms with van der Waals surface area (Å²) in [5.74, 6) is -1.20. The minimum absolute atomic E-state index is 0. The third-order valence-corrected chi connectivity index (χ3v) is 12.4. The van der Waals surface area contributed by atoms with Crippen LogP contribution in [-0.2, 0) is 45.3 Å². The maximum atomic E-state index is 13.8. The largest absolute Gasteiger partial charge is 1.00 e. The third-order valence-electron chi connectivity index (χ3n) is 8.93. The van der Waals surface area contributed by atoms with Gasteiger partial charge in [0.05, 0.1) is 60.7 Å². The average Bonchev–Trinajstić information content (AvgIpc) is 3.23. The van der Waals surface area contributed by atoms with Gasteiger partial charge in [0.1, 0.15) is 57.6 Å². The molecule has 0 heterocycles. The summed E-state index contributed by atoms with van der Waals surface area (Å²) >= 11 is 0. The molecule has 70 heavy (non-hydrogen) atoms. The number of carbonyl (C=O) groups is 2. The monoisotopic (exact) mass is 1060 g/mol. The van der Waals surface area contributed by atoms with Crippen LogP contribution in [0.3, 0.4) is 0 Å². The number of nitrogen functional groups attached to an aromatic ring is 1. The summed E-state index contributed by atoms with van der Waals surface area (Å²) in [7, 11) is -20.2. The summed E-state index contributed by atoms with van der Waals surface area (Å²) < 4.78 is 153. The molecule has 0 aliphatic heterocycles. The number of nitrogens with zero attached hydrogens (tertiary/aromatic N) is 5. The maximum Gasteiger partial charge on any atom is 1.00 e. The molecular weight excluding hydrogens is 1020 g/mol. The number of amides is 1. The molecule has 31 heteroatoms. The van der Waals surface area contributed by atoms with Crippen LogP contribution in [0.5, 0.6) is 5.75 Å². The van der Waals surface area contributed by atoms with Crippen molar-refractivity contribution in [2.75, 3.05) is 23.6 Å². The van der Waals surface area contributed by atoms with Gasteiger partial charge in [-0.25, -0.2) is 33.7 Å². The summed E-state index contributed by atoms with van der Waals surface area (Å²) in [6.45, 7) is 1.27. The van der Waals surface area contributed by atoms with Crippen LogP contribution >= 0.6 is 0 Å². The van der Waals surface area contributed by atoms with Gasteiger partial charge in [-0.3, -0.25) is 15.0 Å². The maximum absolute atomic E-state index is 13.8. The number of hydrogen-bond donors (Lipinski definition) is 5. The van der Waals surface area contributed by atoms with E-state index < -0.39 is 99.7 Å². The number of ketones is 1. The summed E-state index contributed by atoms with van der Waals surface area (Å²) in [4.78, 5) is 20.9. The molecule has 0 radical (unpaired) electrons. The number of nitrogens with two attached hydrogens (primary N) is 1. The number of methoxy groups -OCH3 is 1.